The predicted octanol–water partition coefficient (Wildman–Crippen LogP) is 2.18. The van der Waals surface area contributed by atoms with Crippen molar-refractivity contribution < 1.29 is 9.53 Å². The van der Waals surface area contributed by atoms with E-state index in [-0.39, 0.29) is 11.5 Å². The smallest absolute Gasteiger partial charge is 0.272 e. The molecule has 1 aromatic heterocycles. The molecule has 4 heteroatoms. The maximum Gasteiger partial charge on any atom is 0.272 e. The van der Waals surface area contributed by atoms with Crippen molar-refractivity contribution in [3.63, 3.8) is 0 Å². The van der Waals surface area contributed by atoms with Gasteiger partial charge in [-0.15, -0.1) is 0 Å². The topological polar surface area (TPSA) is 42.4 Å². The van der Waals surface area contributed by atoms with Gasteiger partial charge in [0.2, 0.25) is 0 Å². The molecule has 2 aliphatic rings. The Bertz CT molecular complexity index is 481. The Hall–Kier alpha value is -1.42. The van der Waals surface area contributed by atoms with Crippen LogP contribution < -0.4 is 0 Å². The van der Waals surface area contributed by atoms with E-state index >= 15 is 0 Å². The minimum atomic E-state index is -0.0717. The van der Waals surface area contributed by atoms with Gasteiger partial charge in [-0.3, -0.25) is 4.79 Å². The second kappa shape index (κ2) is 4.93. The molecule has 1 aliphatic carbocycles. The molecule has 0 aromatic carbocycles. The first-order valence-electron chi connectivity index (χ1n) is 7.05. The first-order valence-corrected chi connectivity index (χ1v) is 7.05. The summed E-state index contributed by atoms with van der Waals surface area (Å²) in [6.07, 6.45) is 4.59. The van der Waals surface area contributed by atoms with Crippen LogP contribution in [0, 0.1) is 6.92 Å². The number of hydrogen-bond acceptors (Lipinski definition) is 3. The van der Waals surface area contributed by atoms with Crippen LogP contribution in [0.4, 0.5) is 0 Å². The van der Waals surface area contributed by atoms with Crippen LogP contribution in [0.15, 0.2) is 18.2 Å². The van der Waals surface area contributed by atoms with E-state index in [1.807, 2.05) is 24.0 Å². The van der Waals surface area contributed by atoms with Crippen molar-refractivity contribution in [2.24, 2.45) is 0 Å². The van der Waals surface area contributed by atoms with E-state index in [1.165, 1.54) is 12.8 Å². The second-order valence-electron chi connectivity index (χ2n) is 5.63. The standard InChI is InChI=1S/C15H20N2O2/c1-12-5-4-6-13(16-12)14(18)17-9-10-19-15(11-17)7-2-3-8-15/h4-6H,2-3,7-11H2,1H3. The fourth-order valence-corrected chi connectivity index (χ4v) is 3.16. The van der Waals surface area contributed by atoms with Gasteiger partial charge in [0.15, 0.2) is 0 Å². The number of hydrogen-bond donors (Lipinski definition) is 0. The predicted molar refractivity (Wildman–Crippen MR) is 72.0 cm³/mol. The lowest BCUT2D eigenvalue weighted by Gasteiger charge is -2.40. The van der Waals surface area contributed by atoms with Gasteiger partial charge in [-0.25, -0.2) is 4.98 Å². The Balaban J connectivity index is 1.76. The number of rotatable bonds is 1. The lowest BCUT2D eigenvalue weighted by molar-refractivity contribution is -0.0949. The molecule has 0 N–H and O–H groups in total. The molecule has 1 aromatic rings. The van der Waals surface area contributed by atoms with E-state index in [1.54, 1.807) is 6.07 Å². The number of amides is 1. The van der Waals surface area contributed by atoms with Gasteiger partial charge in [0.05, 0.1) is 18.8 Å². The number of carbonyl (C=O) groups is 1. The van der Waals surface area contributed by atoms with E-state index in [4.69, 9.17) is 4.74 Å². The average molecular weight is 260 g/mol. The van der Waals surface area contributed by atoms with E-state index in [0.29, 0.717) is 18.8 Å². The molecule has 0 atom stereocenters. The van der Waals surface area contributed by atoms with Gasteiger partial charge < -0.3 is 9.64 Å². The average Bonchev–Trinajstić information content (AvgIpc) is 2.86. The van der Waals surface area contributed by atoms with E-state index < -0.39 is 0 Å². The highest BCUT2D eigenvalue weighted by Gasteiger charge is 2.40. The molecule has 1 saturated carbocycles. The van der Waals surface area contributed by atoms with Gasteiger partial charge in [-0.05, 0) is 31.9 Å². The van der Waals surface area contributed by atoms with Crippen molar-refractivity contribution in [1.29, 1.82) is 0 Å². The zero-order chi connectivity index (χ0) is 13.3. The molecule has 19 heavy (non-hydrogen) atoms. The fourth-order valence-electron chi connectivity index (χ4n) is 3.16. The summed E-state index contributed by atoms with van der Waals surface area (Å²) >= 11 is 0. The van der Waals surface area contributed by atoms with Crippen molar-refractivity contribution in [2.75, 3.05) is 19.7 Å². The van der Waals surface area contributed by atoms with Crippen LogP contribution in [0.2, 0.25) is 0 Å². The third-order valence-electron chi connectivity index (χ3n) is 4.16. The van der Waals surface area contributed by atoms with Crippen molar-refractivity contribution in [3.8, 4) is 0 Å². The summed E-state index contributed by atoms with van der Waals surface area (Å²) in [6, 6.07) is 5.60. The van der Waals surface area contributed by atoms with Crippen LogP contribution in [-0.4, -0.2) is 41.1 Å². The fraction of sp³-hybridized carbons (Fsp3) is 0.600. The van der Waals surface area contributed by atoms with Crippen molar-refractivity contribution >= 4 is 5.91 Å². The van der Waals surface area contributed by atoms with Crippen molar-refractivity contribution in [3.05, 3.63) is 29.6 Å². The minimum absolute atomic E-state index is 0.0401. The van der Waals surface area contributed by atoms with Crippen LogP contribution in [0.5, 0.6) is 0 Å². The highest BCUT2D eigenvalue weighted by Crippen LogP contribution is 2.36. The number of morpholine rings is 1. The highest BCUT2D eigenvalue weighted by molar-refractivity contribution is 5.92. The third-order valence-corrected chi connectivity index (χ3v) is 4.16. The van der Waals surface area contributed by atoms with E-state index in [2.05, 4.69) is 4.98 Å². The molecule has 0 radical (unpaired) electrons. The van der Waals surface area contributed by atoms with E-state index in [0.717, 1.165) is 25.1 Å². The Labute approximate surface area is 113 Å². The van der Waals surface area contributed by atoms with Crippen molar-refractivity contribution in [2.45, 2.75) is 38.2 Å². The zero-order valence-electron chi connectivity index (χ0n) is 11.4. The van der Waals surface area contributed by atoms with Crippen molar-refractivity contribution in [1.82, 2.24) is 9.88 Å². The summed E-state index contributed by atoms with van der Waals surface area (Å²) in [7, 11) is 0. The number of aryl methyl sites for hydroxylation is 1. The van der Waals surface area contributed by atoms with Gasteiger partial charge in [-0.2, -0.15) is 0 Å². The molecule has 1 spiro atoms. The number of ether oxygens (including phenoxy) is 1. The quantitative estimate of drug-likeness (QED) is 0.777. The van der Waals surface area contributed by atoms with Crippen LogP contribution in [0.3, 0.4) is 0 Å². The normalized spacial score (nSPS) is 21.8. The molecule has 3 rings (SSSR count). The molecule has 0 bridgehead atoms. The summed E-state index contributed by atoms with van der Waals surface area (Å²) in [5, 5.41) is 0. The molecule has 1 saturated heterocycles. The Morgan fingerprint density at radius 3 is 2.89 bits per heavy atom. The number of aromatic nitrogens is 1. The Kier molecular flexibility index (Phi) is 3.27. The SMILES string of the molecule is Cc1cccc(C(=O)N2CCOC3(CCCC3)C2)n1. The van der Waals surface area contributed by atoms with Crippen LogP contribution in [-0.2, 0) is 4.74 Å². The monoisotopic (exact) mass is 260 g/mol. The lowest BCUT2D eigenvalue weighted by Crippen LogP contribution is -2.52. The zero-order valence-corrected chi connectivity index (χ0v) is 11.4. The number of carbonyl (C=O) groups excluding carboxylic acids is 1. The molecule has 102 valence electrons. The summed E-state index contributed by atoms with van der Waals surface area (Å²) < 4.78 is 5.95. The molecule has 4 nitrogen and oxygen atoms in total. The summed E-state index contributed by atoms with van der Waals surface area (Å²) in [5.74, 6) is 0.0401. The molecule has 1 aliphatic heterocycles. The maximum absolute atomic E-state index is 12.5. The lowest BCUT2D eigenvalue weighted by atomic mass is 9.99. The molecular weight excluding hydrogens is 240 g/mol. The molecule has 2 fully saturated rings. The van der Waals surface area contributed by atoms with E-state index in [9.17, 15) is 4.79 Å². The number of pyridine rings is 1. The summed E-state index contributed by atoms with van der Waals surface area (Å²) in [4.78, 5) is 18.7. The van der Waals surface area contributed by atoms with Gasteiger partial charge in [0.25, 0.3) is 5.91 Å². The summed E-state index contributed by atoms with van der Waals surface area (Å²) in [6.45, 7) is 3.96. The molecule has 0 unspecified atom stereocenters. The van der Waals surface area contributed by atoms with Crippen LogP contribution >= 0.6 is 0 Å². The Morgan fingerprint density at radius 1 is 1.37 bits per heavy atom. The van der Waals surface area contributed by atoms with Crippen LogP contribution in [0.25, 0.3) is 0 Å². The highest BCUT2D eigenvalue weighted by atomic mass is 16.5. The van der Waals surface area contributed by atoms with Gasteiger partial charge in [0.1, 0.15) is 5.69 Å². The largest absolute Gasteiger partial charge is 0.371 e. The molecule has 2 heterocycles. The Morgan fingerprint density at radius 2 is 2.16 bits per heavy atom. The minimum Gasteiger partial charge on any atom is -0.371 e. The van der Waals surface area contributed by atoms with Crippen LogP contribution in [0.1, 0.15) is 41.9 Å². The third kappa shape index (κ3) is 2.50. The first kappa shape index (κ1) is 12.6. The molecule has 1 amide bonds. The van der Waals surface area contributed by atoms with Gasteiger partial charge in [-0.1, -0.05) is 18.9 Å². The molecular formula is C15H20N2O2. The summed E-state index contributed by atoms with van der Waals surface area (Å²) in [5.41, 5.74) is 1.36. The maximum atomic E-state index is 12.5. The van der Waals surface area contributed by atoms with Gasteiger partial charge in [0, 0.05) is 12.2 Å². The van der Waals surface area contributed by atoms with Gasteiger partial charge >= 0.3 is 0 Å². The second-order valence-corrected chi connectivity index (χ2v) is 5.63. The first-order chi connectivity index (χ1) is 9.19. The number of nitrogens with zero attached hydrogens (tertiary/aromatic N) is 2.